The van der Waals surface area contributed by atoms with E-state index in [-0.39, 0.29) is 0 Å². The van der Waals surface area contributed by atoms with E-state index in [0.29, 0.717) is 25.7 Å². The van der Waals surface area contributed by atoms with Gasteiger partial charge in [0.25, 0.3) is 0 Å². The molecule has 0 spiro atoms. The van der Waals surface area contributed by atoms with Crippen molar-refractivity contribution in [3.63, 3.8) is 0 Å². The highest BCUT2D eigenvalue weighted by atomic mass is 16.4. The minimum absolute atomic E-state index is 0.409. The van der Waals surface area contributed by atoms with E-state index in [1.54, 1.807) is 0 Å². The molecule has 0 amide bonds. The molecule has 1 aliphatic rings. The Labute approximate surface area is 153 Å². The lowest BCUT2D eigenvalue weighted by Gasteiger charge is -2.48. The molecule has 0 heterocycles. The molecule has 0 saturated heterocycles. The first kappa shape index (κ1) is 22.0. The maximum atomic E-state index is 12.2. The number of carboxylic acids is 2. The van der Waals surface area contributed by atoms with Gasteiger partial charge in [-0.15, -0.1) is 0 Å². The summed E-state index contributed by atoms with van der Waals surface area (Å²) in [6.07, 6.45) is 14.2. The third-order valence-electron chi connectivity index (χ3n) is 6.50. The quantitative estimate of drug-likeness (QED) is 0.396. The van der Waals surface area contributed by atoms with Gasteiger partial charge >= 0.3 is 11.9 Å². The Hall–Kier alpha value is -1.06. The first-order valence-corrected chi connectivity index (χ1v) is 10.4. The Morgan fingerprint density at radius 1 is 0.720 bits per heavy atom. The standard InChI is InChI=1S/C21H38O4/c1-3-5-6-7-8-9-10-11-12-16-21(19(24)25)17-14-13-15-20(21,4-2)18(22)23/h3-17H2,1-2H3,(H,22,23)(H,24,25). The summed E-state index contributed by atoms with van der Waals surface area (Å²) in [7, 11) is 0. The van der Waals surface area contributed by atoms with Gasteiger partial charge in [-0.2, -0.15) is 0 Å². The molecule has 0 aromatic heterocycles. The van der Waals surface area contributed by atoms with Crippen LogP contribution in [0.15, 0.2) is 0 Å². The van der Waals surface area contributed by atoms with Crippen LogP contribution in [0.3, 0.4) is 0 Å². The predicted octanol–water partition coefficient (Wildman–Crippen LogP) is 6.03. The van der Waals surface area contributed by atoms with Crippen LogP contribution in [0, 0.1) is 10.8 Å². The lowest BCUT2D eigenvalue weighted by molar-refractivity contribution is -0.181. The van der Waals surface area contributed by atoms with Crippen LogP contribution < -0.4 is 0 Å². The average Bonchev–Trinajstić information content (AvgIpc) is 2.60. The summed E-state index contributed by atoms with van der Waals surface area (Å²) < 4.78 is 0. The Kier molecular flexibility index (Phi) is 9.52. The second-order valence-corrected chi connectivity index (χ2v) is 7.91. The summed E-state index contributed by atoms with van der Waals surface area (Å²) in [5, 5.41) is 19.8. The molecule has 0 aliphatic heterocycles. The number of carboxylic acid groups (broad SMARTS) is 2. The van der Waals surface area contributed by atoms with Crippen LogP contribution >= 0.6 is 0 Å². The van der Waals surface area contributed by atoms with Crippen molar-refractivity contribution in [2.24, 2.45) is 10.8 Å². The van der Waals surface area contributed by atoms with Gasteiger partial charge in [0.1, 0.15) is 0 Å². The second-order valence-electron chi connectivity index (χ2n) is 7.91. The predicted molar refractivity (Wildman–Crippen MR) is 101 cm³/mol. The lowest BCUT2D eigenvalue weighted by atomic mass is 9.53. The zero-order chi connectivity index (χ0) is 18.8. The van der Waals surface area contributed by atoms with Crippen LogP contribution in [0.4, 0.5) is 0 Å². The molecule has 1 rings (SSSR count). The summed E-state index contributed by atoms with van der Waals surface area (Å²) in [5.41, 5.74) is -2.16. The molecule has 0 aromatic rings. The van der Waals surface area contributed by atoms with Gasteiger partial charge in [-0.3, -0.25) is 9.59 Å². The molecule has 2 atom stereocenters. The number of unbranched alkanes of at least 4 members (excludes halogenated alkanes) is 8. The van der Waals surface area contributed by atoms with Gasteiger partial charge in [0, 0.05) is 0 Å². The number of aliphatic carboxylic acids is 2. The fourth-order valence-electron chi connectivity index (χ4n) is 4.83. The summed E-state index contributed by atoms with van der Waals surface area (Å²) in [4.78, 5) is 24.2. The van der Waals surface area contributed by atoms with Crippen LogP contribution in [-0.4, -0.2) is 22.2 Å². The summed E-state index contributed by atoms with van der Waals surface area (Å²) in [6.45, 7) is 4.06. The summed E-state index contributed by atoms with van der Waals surface area (Å²) in [5.74, 6) is -1.80. The first-order chi connectivity index (χ1) is 12.0. The molecule has 1 fully saturated rings. The van der Waals surface area contributed by atoms with E-state index in [9.17, 15) is 19.8 Å². The van der Waals surface area contributed by atoms with E-state index < -0.39 is 22.8 Å². The molecule has 4 nitrogen and oxygen atoms in total. The Balaban J connectivity index is 2.55. The van der Waals surface area contributed by atoms with Gasteiger partial charge in [0.05, 0.1) is 10.8 Å². The second kappa shape index (κ2) is 10.8. The minimum atomic E-state index is -1.09. The Bertz CT molecular complexity index is 420. The van der Waals surface area contributed by atoms with Crippen molar-refractivity contribution in [1.29, 1.82) is 0 Å². The van der Waals surface area contributed by atoms with E-state index in [1.807, 2.05) is 6.92 Å². The van der Waals surface area contributed by atoms with E-state index >= 15 is 0 Å². The monoisotopic (exact) mass is 354 g/mol. The molecular weight excluding hydrogens is 316 g/mol. The van der Waals surface area contributed by atoms with Gasteiger partial charge < -0.3 is 10.2 Å². The van der Waals surface area contributed by atoms with Crippen molar-refractivity contribution in [3.8, 4) is 0 Å². The van der Waals surface area contributed by atoms with Crippen LogP contribution in [0.25, 0.3) is 0 Å². The van der Waals surface area contributed by atoms with Crippen LogP contribution in [0.2, 0.25) is 0 Å². The maximum Gasteiger partial charge on any atom is 0.310 e. The highest BCUT2D eigenvalue weighted by Crippen LogP contribution is 2.56. The van der Waals surface area contributed by atoms with E-state index in [2.05, 4.69) is 6.92 Å². The SMILES string of the molecule is CCCCCCCCCCCC1(C(=O)O)CCCCC1(CC)C(=O)O. The number of hydrogen-bond donors (Lipinski definition) is 2. The first-order valence-electron chi connectivity index (χ1n) is 10.4. The Morgan fingerprint density at radius 2 is 1.16 bits per heavy atom. The molecule has 25 heavy (non-hydrogen) atoms. The van der Waals surface area contributed by atoms with Crippen LogP contribution in [0.5, 0.6) is 0 Å². The van der Waals surface area contributed by atoms with E-state index in [4.69, 9.17) is 0 Å². The summed E-state index contributed by atoms with van der Waals surface area (Å²) in [6, 6.07) is 0. The molecule has 4 heteroatoms. The third-order valence-corrected chi connectivity index (χ3v) is 6.50. The molecule has 2 unspecified atom stereocenters. The van der Waals surface area contributed by atoms with Gasteiger partial charge in [-0.05, 0) is 25.7 Å². The maximum absolute atomic E-state index is 12.2. The largest absolute Gasteiger partial charge is 0.481 e. The molecule has 146 valence electrons. The van der Waals surface area contributed by atoms with Crippen molar-refractivity contribution in [2.45, 2.75) is 110 Å². The van der Waals surface area contributed by atoms with Crippen LogP contribution in [0.1, 0.15) is 110 Å². The minimum Gasteiger partial charge on any atom is -0.481 e. The molecule has 1 saturated carbocycles. The normalized spacial score (nSPS) is 26.5. The van der Waals surface area contributed by atoms with Crippen LogP contribution in [-0.2, 0) is 9.59 Å². The van der Waals surface area contributed by atoms with Gasteiger partial charge in [0.15, 0.2) is 0 Å². The van der Waals surface area contributed by atoms with Crippen molar-refractivity contribution in [3.05, 3.63) is 0 Å². The third kappa shape index (κ3) is 5.21. The van der Waals surface area contributed by atoms with Gasteiger partial charge in [0.2, 0.25) is 0 Å². The van der Waals surface area contributed by atoms with Crippen molar-refractivity contribution in [1.82, 2.24) is 0 Å². The lowest BCUT2D eigenvalue weighted by Crippen LogP contribution is -2.54. The topological polar surface area (TPSA) is 74.6 Å². The fourth-order valence-corrected chi connectivity index (χ4v) is 4.83. The molecular formula is C21H38O4. The zero-order valence-electron chi connectivity index (χ0n) is 16.3. The number of carbonyl (C=O) groups is 2. The number of rotatable bonds is 13. The summed E-state index contributed by atoms with van der Waals surface area (Å²) >= 11 is 0. The molecule has 1 aliphatic carbocycles. The molecule has 2 N–H and O–H groups in total. The Morgan fingerprint density at radius 3 is 1.60 bits per heavy atom. The van der Waals surface area contributed by atoms with Crippen molar-refractivity contribution in [2.75, 3.05) is 0 Å². The van der Waals surface area contributed by atoms with Gasteiger partial charge in [-0.25, -0.2) is 0 Å². The van der Waals surface area contributed by atoms with Crippen molar-refractivity contribution >= 4 is 11.9 Å². The fraction of sp³-hybridized carbons (Fsp3) is 0.905. The van der Waals surface area contributed by atoms with E-state index in [1.165, 1.54) is 38.5 Å². The molecule has 0 aromatic carbocycles. The highest BCUT2D eigenvalue weighted by Gasteiger charge is 2.60. The van der Waals surface area contributed by atoms with Gasteiger partial charge in [-0.1, -0.05) is 84.5 Å². The van der Waals surface area contributed by atoms with Crippen molar-refractivity contribution < 1.29 is 19.8 Å². The average molecular weight is 355 g/mol. The molecule has 0 bridgehead atoms. The zero-order valence-corrected chi connectivity index (χ0v) is 16.3. The smallest absolute Gasteiger partial charge is 0.310 e. The number of hydrogen-bond acceptors (Lipinski definition) is 2. The highest BCUT2D eigenvalue weighted by molar-refractivity contribution is 5.87. The molecule has 0 radical (unpaired) electrons. The van der Waals surface area contributed by atoms with E-state index in [0.717, 1.165) is 32.1 Å².